The molecule has 98 valence electrons. The first-order valence-corrected chi connectivity index (χ1v) is 6.07. The van der Waals surface area contributed by atoms with Gasteiger partial charge in [0.05, 0.1) is 17.1 Å². The highest BCUT2D eigenvalue weighted by atomic mass is 16.6. The maximum Gasteiger partial charge on any atom is 0.276 e. The second kappa shape index (κ2) is 4.44. The van der Waals surface area contributed by atoms with Crippen LogP contribution in [0.25, 0.3) is 0 Å². The molecule has 1 fully saturated rings. The number of anilines is 2. The van der Waals surface area contributed by atoms with Crippen LogP contribution in [0.15, 0.2) is 12.1 Å². The van der Waals surface area contributed by atoms with Gasteiger partial charge in [0.2, 0.25) is 0 Å². The number of nitro groups is 1. The predicted molar refractivity (Wildman–Crippen MR) is 70.3 cm³/mol. The number of pyridine rings is 1. The Morgan fingerprint density at radius 3 is 2.83 bits per heavy atom. The van der Waals surface area contributed by atoms with Gasteiger partial charge in [0.1, 0.15) is 11.6 Å². The summed E-state index contributed by atoms with van der Waals surface area (Å²) in [7, 11) is 0. The fourth-order valence-corrected chi connectivity index (χ4v) is 2.49. The molecule has 0 bridgehead atoms. The zero-order valence-corrected chi connectivity index (χ0v) is 10.6. The molecule has 6 heteroatoms. The molecule has 3 N–H and O–H groups in total. The standard InChI is InChI=1S/C12H18N4O2/c1-12(2)5-3-4-9(12)14-11-7-8(16(17)18)6-10(13)15-11/h6-7,9H,3-5H2,1-2H3,(H3,13,14,15). The second-order valence-corrected chi connectivity index (χ2v) is 5.47. The molecule has 1 saturated carbocycles. The predicted octanol–water partition coefficient (Wildman–Crippen LogP) is 2.56. The van der Waals surface area contributed by atoms with E-state index in [2.05, 4.69) is 24.1 Å². The highest BCUT2D eigenvalue weighted by molar-refractivity contribution is 5.53. The Labute approximate surface area is 106 Å². The zero-order valence-electron chi connectivity index (χ0n) is 10.6. The van der Waals surface area contributed by atoms with E-state index in [1.54, 1.807) is 0 Å². The molecule has 2 rings (SSSR count). The maximum atomic E-state index is 10.8. The van der Waals surface area contributed by atoms with Gasteiger partial charge in [0, 0.05) is 6.04 Å². The number of hydrogen-bond donors (Lipinski definition) is 2. The third-order valence-electron chi connectivity index (χ3n) is 3.62. The SMILES string of the molecule is CC1(C)CCCC1Nc1cc([N+](=O)[O-])cc(N)n1. The first kappa shape index (κ1) is 12.6. The van der Waals surface area contributed by atoms with E-state index in [9.17, 15) is 10.1 Å². The van der Waals surface area contributed by atoms with Crippen LogP contribution in [0, 0.1) is 15.5 Å². The highest BCUT2D eigenvalue weighted by Gasteiger charge is 2.34. The second-order valence-electron chi connectivity index (χ2n) is 5.47. The third-order valence-corrected chi connectivity index (χ3v) is 3.62. The Balaban J connectivity index is 2.21. The van der Waals surface area contributed by atoms with Crippen LogP contribution in [0.1, 0.15) is 33.1 Å². The van der Waals surface area contributed by atoms with Crippen molar-refractivity contribution >= 4 is 17.3 Å². The average molecular weight is 250 g/mol. The first-order chi connectivity index (χ1) is 8.38. The molecular weight excluding hydrogens is 232 g/mol. The zero-order chi connectivity index (χ0) is 13.3. The summed E-state index contributed by atoms with van der Waals surface area (Å²) in [6, 6.07) is 2.99. The fraction of sp³-hybridized carbons (Fsp3) is 0.583. The Kier molecular flexibility index (Phi) is 3.11. The van der Waals surface area contributed by atoms with Crippen LogP contribution < -0.4 is 11.1 Å². The van der Waals surface area contributed by atoms with Crippen LogP contribution in [0.2, 0.25) is 0 Å². The van der Waals surface area contributed by atoms with Gasteiger partial charge in [-0.3, -0.25) is 10.1 Å². The average Bonchev–Trinajstić information content (AvgIpc) is 2.57. The lowest BCUT2D eigenvalue weighted by molar-refractivity contribution is -0.384. The fourth-order valence-electron chi connectivity index (χ4n) is 2.49. The Morgan fingerprint density at radius 2 is 2.28 bits per heavy atom. The van der Waals surface area contributed by atoms with Gasteiger partial charge in [-0.1, -0.05) is 20.3 Å². The van der Waals surface area contributed by atoms with Gasteiger partial charge in [0.15, 0.2) is 0 Å². The molecular formula is C12H18N4O2. The van der Waals surface area contributed by atoms with Gasteiger partial charge < -0.3 is 11.1 Å². The van der Waals surface area contributed by atoms with Crippen molar-refractivity contribution in [1.82, 2.24) is 4.98 Å². The molecule has 1 aromatic heterocycles. The first-order valence-electron chi connectivity index (χ1n) is 6.07. The van der Waals surface area contributed by atoms with Crippen LogP contribution in [0.5, 0.6) is 0 Å². The number of nitrogen functional groups attached to an aromatic ring is 1. The van der Waals surface area contributed by atoms with Crippen molar-refractivity contribution in [3.63, 3.8) is 0 Å². The molecule has 1 unspecified atom stereocenters. The lowest BCUT2D eigenvalue weighted by atomic mass is 9.87. The molecule has 0 saturated heterocycles. The summed E-state index contributed by atoms with van der Waals surface area (Å²) in [5, 5.41) is 14.0. The lowest BCUT2D eigenvalue weighted by Gasteiger charge is -2.28. The normalized spacial score (nSPS) is 21.8. The Hall–Kier alpha value is -1.85. The number of hydrogen-bond acceptors (Lipinski definition) is 5. The number of nitrogens with zero attached hydrogens (tertiary/aromatic N) is 2. The molecule has 1 aliphatic rings. The minimum Gasteiger partial charge on any atom is -0.383 e. The highest BCUT2D eigenvalue weighted by Crippen LogP contribution is 2.39. The van der Waals surface area contributed by atoms with Crippen LogP contribution in [-0.2, 0) is 0 Å². The molecule has 1 heterocycles. The number of aromatic nitrogens is 1. The van der Waals surface area contributed by atoms with Crippen LogP contribution in [-0.4, -0.2) is 15.9 Å². The summed E-state index contributed by atoms with van der Waals surface area (Å²) in [5.41, 5.74) is 5.74. The molecule has 0 radical (unpaired) electrons. The largest absolute Gasteiger partial charge is 0.383 e. The van der Waals surface area contributed by atoms with Crippen molar-refractivity contribution in [3.05, 3.63) is 22.2 Å². The number of nitrogens with two attached hydrogens (primary N) is 1. The van der Waals surface area contributed by atoms with E-state index >= 15 is 0 Å². The van der Waals surface area contributed by atoms with Crippen molar-refractivity contribution < 1.29 is 4.92 Å². The Bertz CT molecular complexity index is 473. The number of nitrogens with one attached hydrogen (secondary N) is 1. The van der Waals surface area contributed by atoms with E-state index in [0.717, 1.165) is 19.3 Å². The van der Waals surface area contributed by atoms with Crippen molar-refractivity contribution in [1.29, 1.82) is 0 Å². The monoisotopic (exact) mass is 250 g/mol. The minimum absolute atomic E-state index is 0.0270. The van der Waals surface area contributed by atoms with Crippen LogP contribution >= 0.6 is 0 Å². The molecule has 1 atom stereocenters. The van der Waals surface area contributed by atoms with Gasteiger partial charge in [0.25, 0.3) is 5.69 Å². The maximum absolute atomic E-state index is 10.8. The quantitative estimate of drug-likeness (QED) is 0.635. The van der Waals surface area contributed by atoms with E-state index in [0.29, 0.717) is 5.82 Å². The summed E-state index contributed by atoms with van der Waals surface area (Å²) >= 11 is 0. The van der Waals surface area contributed by atoms with Crippen molar-refractivity contribution in [2.24, 2.45) is 5.41 Å². The van der Waals surface area contributed by atoms with Gasteiger partial charge in [-0.2, -0.15) is 0 Å². The molecule has 1 aromatic rings. The summed E-state index contributed by atoms with van der Waals surface area (Å²) in [5.74, 6) is 0.657. The molecule has 0 aliphatic heterocycles. The van der Waals surface area contributed by atoms with Crippen molar-refractivity contribution in [2.45, 2.75) is 39.2 Å². The van der Waals surface area contributed by atoms with E-state index in [1.807, 2.05) is 0 Å². The topological polar surface area (TPSA) is 94.1 Å². The number of rotatable bonds is 3. The van der Waals surface area contributed by atoms with E-state index in [1.165, 1.54) is 12.1 Å². The lowest BCUT2D eigenvalue weighted by Crippen LogP contribution is -2.31. The minimum atomic E-state index is -0.455. The molecule has 0 amide bonds. The molecule has 6 nitrogen and oxygen atoms in total. The molecule has 18 heavy (non-hydrogen) atoms. The van der Waals surface area contributed by atoms with Gasteiger partial charge in [-0.05, 0) is 18.3 Å². The van der Waals surface area contributed by atoms with Crippen molar-refractivity contribution in [3.8, 4) is 0 Å². The summed E-state index contributed by atoms with van der Waals surface area (Å²) in [4.78, 5) is 14.4. The molecule has 0 spiro atoms. The van der Waals surface area contributed by atoms with Crippen molar-refractivity contribution in [2.75, 3.05) is 11.1 Å². The smallest absolute Gasteiger partial charge is 0.276 e. The summed E-state index contributed by atoms with van der Waals surface area (Å²) in [6.07, 6.45) is 3.36. The van der Waals surface area contributed by atoms with Crippen LogP contribution in [0.4, 0.5) is 17.3 Å². The van der Waals surface area contributed by atoms with Crippen LogP contribution in [0.3, 0.4) is 0 Å². The van der Waals surface area contributed by atoms with E-state index in [4.69, 9.17) is 5.73 Å². The molecule has 1 aliphatic carbocycles. The van der Waals surface area contributed by atoms with E-state index in [-0.39, 0.29) is 23.0 Å². The summed E-state index contributed by atoms with van der Waals surface area (Å²) < 4.78 is 0. The summed E-state index contributed by atoms with van der Waals surface area (Å²) in [6.45, 7) is 4.39. The third kappa shape index (κ3) is 2.52. The van der Waals surface area contributed by atoms with Gasteiger partial charge in [-0.25, -0.2) is 4.98 Å². The molecule has 0 aromatic carbocycles. The Morgan fingerprint density at radius 1 is 1.56 bits per heavy atom. The van der Waals surface area contributed by atoms with E-state index < -0.39 is 4.92 Å². The van der Waals surface area contributed by atoms with Gasteiger partial charge in [-0.15, -0.1) is 0 Å². The van der Waals surface area contributed by atoms with Gasteiger partial charge >= 0.3 is 0 Å².